The van der Waals surface area contributed by atoms with E-state index >= 15 is 0 Å². The summed E-state index contributed by atoms with van der Waals surface area (Å²) in [5.41, 5.74) is 5.25. The third-order valence-electron chi connectivity index (χ3n) is 5.11. The Morgan fingerprint density at radius 1 is 1.06 bits per heavy atom. The largest absolute Gasteiger partial charge is 0.508 e. The molecule has 8 heteroatoms. The number of ether oxygens (including phenoxy) is 1. The molecule has 0 unspecified atom stereocenters. The summed E-state index contributed by atoms with van der Waals surface area (Å²) in [7, 11) is 1.58. The number of phenols is 1. The Hall–Kier alpha value is -3.49. The van der Waals surface area contributed by atoms with Crippen LogP contribution in [0.15, 0.2) is 59.5 Å². The molecule has 0 saturated heterocycles. The molecule has 2 heterocycles. The van der Waals surface area contributed by atoms with Crippen molar-refractivity contribution in [3.63, 3.8) is 0 Å². The molecule has 4 N–H and O–H groups in total. The van der Waals surface area contributed by atoms with Crippen LogP contribution in [0.25, 0.3) is 44.6 Å². The molecule has 0 saturated carbocycles. The van der Waals surface area contributed by atoms with Crippen LogP contribution >= 0.6 is 11.8 Å². The minimum Gasteiger partial charge on any atom is -0.508 e. The Labute approximate surface area is 182 Å². The highest BCUT2D eigenvalue weighted by molar-refractivity contribution is 7.99. The van der Waals surface area contributed by atoms with E-state index in [4.69, 9.17) is 14.8 Å². The number of nitrogens with zero attached hydrogens (tertiary/aromatic N) is 2. The molecule has 2 aromatic heterocycles. The molecule has 5 rings (SSSR count). The Morgan fingerprint density at radius 2 is 1.97 bits per heavy atom. The van der Waals surface area contributed by atoms with E-state index in [0.717, 1.165) is 43.7 Å². The summed E-state index contributed by atoms with van der Waals surface area (Å²) in [6, 6.07) is 17.0. The number of methoxy groups -OCH3 is 1. The Kier molecular flexibility index (Phi) is 5.01. The zero-order valence-corrected chi connectivity index (χ0v) is 17.5. The third kappa shape index (κ3) is 3.49. The zero-order chi connectivity index (χ0) is 21.4. The van der Waals surface area contributed by atoms with Crippen molar-refractivity contribution in [2.45, 2.75) is 4.90 Å². The topological polar surface area (TPSA) is 107 Å². The van der Waals surface area contributed by atoms with Crippen molar-refractivity contribution in [3.05, 3.63) is 54.6 Å². The number of hydrogen-bond donors (Lipinski definition) is 4. The number of para-hydroxylation sites is 1. The monoisotopic (exact) mass is 432 g/mol. The lowest BCUT2D eigenvalue weighted by Crippen LogP contribution is -1.88. The first-order valence-corrected chi connectivity index (χ1v) is 10.7. The lowest BCUT2D eigenvalue weighted by atomic mass is 10.0. The van der Waals surface area contributed by atoms with Gasteiger partial charge >= 0.3 is 0 Å². The first-order chi connectivity index (χ1) is 15.2. The van der Waals surface area contributed by atoms with Crippen LogP contribution in [0.4, 0.5) is 0 Å². The van der Waals surface area contributed by atoms with Crippen molar-refractivity contribution in [2.24, 2.45) is 0 Å². The maximum atomic E-state index is 9.72. The van der Waals surface area contributed by atoms with Crippen LogP contribution in [-0.4, -0.2) is 49.8 Å². The number of hydrogen-bond acceptors (Lipinski definition) is 6. The minimum absolute atomic E-state index is 0.122. The maximum absolute atomic E-state index is 9.72. The van der Waals surface area contributed by atoms with Gasteiger partial charge in [-0.25, -0.2) is 4.98 Å². The van der Waals surface area contributed by atoms with Crippen molar-refractivity contribution in [3.8, 4) is 34.1 Å². The number of aromatic nitrogens is 4. The SMILES string of the molecule is COc1cc(O)ccc1-c1ccc2c(-c3nc4c(SCCO)cccc4[nH]3)n[nH]c2c1. The standard InChI is InChI=1S/C23H20N4O3S/c1-30-19-12-14(29)6-8-15(19)13-5-7-16-18(11-13)26-27-21(16)23-24-17-3-2-4-20(22(17)25-23)31-10-9-28/h2-8,11-12,28-29H,9-10H2,1H3,(H,24,25)(H,26,27). The van der Waals surface area contributed by atoms with Crippen LogP contribution in [-0.2, 0) is 0 Å². The molecule has 0 bridgehead atoms. The van der Waals surface area contributed by atoms with Gasteiger partial charge in [0.2, 0.25) is 0 Å². The van der Waals surface area contributed by atoms with E-state index in [0.29, 0.717) is 17.3 Å². The second-order valence-electron chi connectivity index (χ2n) is 7.03. The molecule has 0 spiro atoms. The van der Waals surface area contributed by atoms with E-state index in [1.54, 1.807) is 31.0 Å². The molecule has 0 fully saturated rings. The van der Waals surface area contributed by atoms with Gasteiger partial charge in [-0.2, -0.15) is 5.10 Å². The fourth-order valence-electron chi connectivity index (χ4n) is 3.68. The van der Waals surface area contributed by atoms with Crippen molar-refractivity contribution in [2.75, 3.05) is 19.5 Å². The van der Waals surface area contributed by atoms with Gasteiger partial charge in [-0.1, -0.05) is 12.1 Å². The second kappa shape index (κ2) is 7.98. The first kappa shape index (κ1) is 19.5. The van der Waals surface area contributed by atoms with E-state index in [2.05, 4.69) is 15.2 Å². The van der Waals surface area contributed by atoms with Gasteiger partial charge in [-0.05, 0) is 42.0 Å². The average molecular weight is 433 g/mol. The Bertz CT molecular complexity index is 1390. The number of fused-ring (bicyclic) bond motifs is 2. The molecule has 5 aromatic rings. The number of benzene rings is 3. The summed E-state index contributed by atoms with van der Waals surface area (Å²) in [6.07, 6.45) is 0. The van der Waals surface area contributed by atoms with Gasteiger partial charge < -0.3 is 19.9 Å². The smallest absolute Gasteiger partial charge is 0.159 e. The lowest BCUT2D eigenvalue weighted by Gasteiger charge is -2.09. The average Bonchev–Trinajstić information content (AvgIpc) is 3.41. The van der Waals surface area contributed by atoms with Crippen molar-refractivity contribution < 1.29 is 14.9 Å². The number of nitrogens with one attached hydrogen (secondary N) is 2. The number of aromatic hydroxyl groups is 1. The van der Waals surface area contributed by atoms with Gasteiger partial charge in [0.15, 0.2) is 5.82 Å². The van der Waals surface area contributed by atoms with Crippen LogP contribution in [0.2, 0.25) is 0 Å². The fourth-order valence-corrected chi connectivity index (χ4v) is 4.45. The number of thioether (sulfide) groups is 1. The third-order valence-corrected chi connectivity index (χ3v) is 6.13. The van der Waals surface area contributed by atoms with Crippen molar-refractivity contribution >= 4 is 33.7 Å². The fraction of sp³-hybridized carbons (Fsp3) is 0.130. The summed E-state index contributed by atoms with van der Waals surface area (Å²) in [5, 5.41) is 27.4. The number of phenolic OH excluding ortho intramolecular Hbond substituents is 1. The number of aliphatic hydroxyl groups is 1. The van der Waals surface area contributed by atoms with E-state index in [-0.39, 0.29) is 12.4 Å². The normalized spacial score (nSPS) is 11.4. The van der Waals surface area contributed by atoms with Gasteiger partial charge in [0, 0.05) is 27.7 Å². The van der Waals surface area contributed by atoms with E-state index in [1.807, 2.05) is 42.5 Å². The molecule has 31 heavy (non-hydrogen) atoms. The predicted molar refractivity (Wildman–Crippen MR) is 123 cm³/mol. The number of imidazole rings is 1. The highest BCUT2D eigenvalue weighted by Gasteiger charge is 2.16. The van der Waals surface area contributed by atoms with Gasteiger partial charge in [-0.3, -0.25) is 5.10 Å². The highest BCUT2D eigenvalue weighted by Crippen LogP contribution is 2.36. The van der Waals surface area contributed by atoms with E-state index < -0.39 is 0 Å². The summed E-state index contributed by atoms with van der Waals surface area (Å²) in [5.74, 6) is 2.07. The quantitative estimate of drug-likeness (QED) is 0.293. The molecular formula is C23H20N4O3S. The first-order valence-electron chi connectivity index (χ1n) is 9.76. The minimum atomic E-state index is 0.122. The van der Waals surface area contributed by atoms with Crippen molar-refractivity contribution in [1.29, 1.82) is 0 Å². The maximum Gasteiger partial charge on any atom is 0.159 e. The molecule has 0 aliphatic heterocycles. The Balaban J connectivity index is 1.57. The van der Waals surface area contributed by atoms with E-state index in [9.17, 15) is 5.11 Å². The summed E-state index contributed by atoms with van der Waals surface area (Å²) < 4.78 is 5.42. The van der Waals surface area contributed by atoms with Gasteiger partial charge in [0.1, 0.15) is 22.7 Å². The van der Waals surface area contributed by atoms with Crippen LogP contribution in [0.3, 0.4) is 0 Å². The number of aliphatic hydroxyl groups excluding tert-OH is 1. The molecule has 7 nitrogen and oxygen atoms in total. The molecule has 0 aliphatic carbocycles. The van der Waals surface area contributed by atoms with Crippen LogP contribution in [0.5, 0.6) is 11.5 Å². The number of rotatable bonds is 6. The Morgan fingerprint density at radius 3 is 2.81 bits per heavy atom. The second-order valence-corrected chi connectivity index (χ2v) is 8.16. The van der Waals surface area contributed by atoms with Crippen LogP contribution < -0.4 is 4.74 Å². The van der Waals surface area contributed by atoms with Gasteiger partial charge in [0.05, 0.1) is 24.8 Å². The molecule has 0 radical (unpaired) electrons. The summed E-state index contributed by atoms with van der Waals surface area (Å²) in [6.45, 7) is 0.122. The molecule has 156 valence electrons. The highest BCUT2D eigenvalue weighted by atomic mass is 32.2. The van der Waals surface area contributed by atoms with Gasteiger partial charge in [-0.15, -0.1) is 11.8 Å². The van der Waals surface area contributed by atoms with Crippen molar-refractivity contribution in [1.82, 2.24) is 20.2 Å². The molecular weight excluding hydrogens is 412 g/mol. The molecule has 0 atom stereocenters. The molecule has 0 amide bonds. The zero-order valence-electron chi connectivity index (χ0n) is 16.7. The van der Waals surface area contributed by atoms with Gasteiger partial charge in [0.25, 0.3) is 0 Å². The predicted octanol–water partition coefficient (Wildman–Crippen LogP) is 4.57. The number of aromatic amines is 2. The molecule has 0 aliphatic rings. The van der Waals surface area contributed by atoms with Crippen LogP contribution in [0.1, 0.15) is 0 Å². The van der Waals surface area contributed by atoms with Crippen LogP contribution in [0, 0.1) is 0 Å². The lowest BCUT2D eigenvalue weighted by molar-refractivity contribution is 0.322. The summed E-state index contributed by atoms with van der Waals surface area (Å²) in [4.78, 5) is 9.17. The molecule has 3 aromatic carbocycles. The number of H-pyrrole nitrogens is 2. The van der Waals surface area contributed by atoms with E-state index in [1.165, 1.54) is 0 Å². The summed E-state index contributed by atoms with van der Waals surface area (Å²) >= 11 is 1.58.